The Morgan fingerprint density at radius 1 is 1.32 bits per heavy atom. The number of hydrogen-bond acceptors (Lipinski definition) is 4. The number of ether oxygens (including phenoxy) is 1. The minimum absolute atomic E-state index is 0.296. The molecule has 0 atom stereocenters. The Morgan fingerprint density at radius 3 is 2.53 bits per heavy atom. The molecule has 0 aromatic carbocycles. The smallest absolute Gasteiger partial charge is 0.318 e. The van der Waals surface area contributed by atoms with Gasteiger partial charge in [-0.3, -0.25) is 4.79 Å². The molecule has 0 amide bonds. The van der Waals surface area contributed by atoms with Crippen LogP contribution in [0.1, 0.15) is 62.7 Å². The summed E-state index contributed by atoms with van der Waals surface area (Å²) >= 11 is 0. The van der Waals surface area contributed by atoms with Crippen molar-refractivity contribution < 1.29 is 9.53 Å². The molecule has 2 rings (SSSR count). The van der Waals surface area contributed by atoms with Gasteiger partial charge in [0, 0.05) is 17.3 Å². The van der Waals surface area contributed by atoms with Gasteiger partial charge < -0.3 is 4.74 Å². The van der Waals surface area contributed by atoms with Crippen molar-refractivity contribution in [1.29, 1.82) is 0 Å². The predicted octanol–water partition coefficient (Wildman–Crippen LogP) is 2.89. The maximum absolute atomic E-state index is 11.9. The van der Waals surface area contributed by atoms with Crippen molar-refractivity contribution in [3.8, 4) is 0 Å². The van der Waals surface area contributed by atoms with Gasteiger partial charge in [0.2, 0.25) is 0 Å². The first-order chi connectivity index (χ1) is 8.95. The fourth-order valence-electron chi connectivity index (χ4n) is 2.65. The van der Waals surface area contributed by atoms with Crippen LogP contribution in [0.25, 0.3) is 0 Å². The quantitative estimate of drug-likeness (QED) is 0.786. The summed E-state index contributed by atoms with van der Waals surface area (Å²) in [4.78, 5) is 21.0. The van der Waals surface area contributed by atoms with Gasteiger partial charge in [-0.2, -0.15) is 0 Å². The fraction of sp³-hybridized carbons (Fsp3) is 0.667. The molecular weight excluding hydrogens is 240 g/mol. The Balaban J connectivity index is 2.38. The molecule has 1 aromatic rings. The van der Waals surface area contributed by atoms with Crippen molar-refractivity contribution in [2.45, 2.75) is 57.8 Å². The van der Waals surface area contributed by atoms with E-state index in [1.807, 2.05) is 26.8 Å². The van der Waals surface area contributed by atoms with Crippen LogP contribution in [0.5, 0.6) is 0 Å². The van der Waals surface area contributed by atoms with E-state index in [0.29, 0.717) is 11.7 Å². The monoisotopic (exact) mass is 262 g/mol. The lowest BCUT2D eigenvalue weighted by molar-refractivity contribution is -0.146. The largest absolute Gasteiger partial charge is 0.468 e. The summed E-state index contributed by atoms with van der Waals surface area (Å²) in [5, 5.41) is 0. The van der Waals surface area contributed by atoms with Crippen LogP contribution in [-0.4, -0.2) is 23.0 Å². The highest BCUT2D eigenvalue weighted by Gasteiger charge is 2.35. The zero-order valence-corrected chi connectivity index (χ0v) is 12.2. The molecule has 1 saturated carbocycles. The first-order valence-electron chi connectivity index (χ1n) is 6.89. The Kier molecular flexibility index (Phi) is 3.88. The number of aromatic nitrogens is 2. The maximum atomic E-state index is 11.9. The Bertz CT molecular complexity index is 477. The molecule has 104 valence electrons. The van der Waals surface area contributed by atoms with E-state index in [9.17, 15) is 4.79 Å². The van der Waals surface area contributed by atoms with E-state index in [2.05, 4.69) is 9.97 Å². The second kappa shape index (κ2) is 5.27. The van der Waals surface area contributed by atoms with Gasteiger partial charge in [0.15, 0.2) is 0 Å². The molecule has 0 bridgehead atoms. The van der Waals surface area contributed by atoms with Crippen molar-refractivity contribution in [2.24, 2.45) is 0 Å². The fourth-order valence-corrected chi connectivity index (χ4v) is 2.65. The van der Waals surface area contributed by atoms with E-state index in [-0.39, 0.29) is 5.97 Å². The number of nitrogens with zero attached hydrogens (tertiary/aromatic N) is 2. The SMILES string of the molecule is COC(=O)C(C)(C)c1nc(C)cc(C2CCCC2)n1. The number of carbonyl (C=O) groups excluding carboxylic acids is 1. The third kappa shape index (κ3) is 2.77. The summed E-state index contributed by atoms with van der Waals surface area (Å²) < 4.78 is 4.86. The summed E-state index contributed by atoms with van der Waals surface area (Å²) in [6, 6.07) is 2.05. The van der Waals surface area contributed by atoms with Crippen molar-refractivity contribution in [3.05, 3.63) is 23.3 Å². The van der Waals surface area contributed by atoms with E-state index in [1.54, 1.807) is 0 Å². The van der Waals surface area contributed by atoms with Crippen LogP contribution in [0.2, 0.25) is 0 Å². The van der Waals surface area contributed by atoms with Crippen molar-refractivity contribution in [3.63, 3.8) is 0 Å². The van der Waals surface area contributed by atoms with E-state index in [0.717, 1.165) is 11.4 Å². The molecule has 19 heavy (non-hydrogen) atoms. The highest BCUT2D eigenvalue weighted by Crippen LogP contribution is 2.34. The minimum atomic E-state index is -0.797. The van der Waals surface area contributed by atoms with Crippen LogP contribution in [0.15, 0.2) is 6.07 Å². The zero-order chi connectivity index (χ0) is 14.0. The van der Waals surface area contributed by atoms with Gasteiger partial charge in [0.05, 0.1) is 7.11 Å². The number of aryl methyl sites for hydroxylation is 1. The molecule has 1 aliphatic carbocycles. The van der Waals surface area contributed by atoms with Crippen LogP contribution in [0.4, 0.5) is 0 Å². The number of rotatable bonds is 3. The standard InChI is InChI=1S/C15H22N2O2/c1-10-9-12(11-7-5-6-8-11)17-13(16-10)15(2,3)14(18)19-4/h9,11H,5-8H2,1-4H3. The van der Waals surface area contributed by atoms with E-state index in [4.69, 9.17) is 4.74 Å². The molecule has 4 heteroatoms. The Morgan fingerprint density at radius 2 is 1.95 bits per heavy atom. The van der Waals surface area contributed by atoms with Crippen molar-refractivity contribution in [1.82, 2.24) is 9.97 Å². The first-order valence-corrected chi connectivity index (χ1v) is 6.89. The average molecular weight is 262 g/mol. The molecule has 1 heterocycles. The van der Waals surface area contributed by atoms with Gasteiger partial charge >= 0.3 is 5.97 Å². The van der Waals surface area contributed by atoms with Crippen LogP contribution in [0.3, 0.4) is 0 Å². The van der Waals surface area contributed by atoms with Crippen LogP contribution >= 0.6 is 0 Å². The zero-order valence-electron chi connectivity index (χ0n) is 12.2. The van der Waals surface area contributed by atoms with Gasteiger partial charge in [-0.15, -0.1) is 0 Å². The first kappa shape index (κ1) is 14.0. The van der Waals surface area contributed by atoms with Crippen molar-refractivity contribution in [2.75, 3.05) is 7.11 Å². The van der Waals surface area contributed by atoms with Crippen LogP contribution in [0, 0.1) is 6.92 Å². The number of hydrogen-bond donors (Lipinski definition) is 0. The molecule has 1 aromatic heterocycles. The lowest BCUT2D eigenvalue weighted by Crippen LogP contribution is -2.33. The lowest BCUT2D eigenvalue weighted by Gasteiger charge is -2.21. The number of methoxy groups -OCH3 is 1. The second-order valence-electron chi connectivity index (χ2n) is 5.86. The summed E-state index contributed by atoms with van der Waals surface area (Å²) in [6.45, 7) is 5.58. The molecule has 4 nitrogen and oxygen atoms in total. The van der Waals surface area contributed by atoms with E-state index in [1.165, 1.54) is 32.8 Å². The topological polar surface area (TPSA) is 52.1 Å². The van der Waals surface area contributed by atoms with E-state index < -0.39 is 5.41 Å². The average Bonchev–Trinajstić information content (AvgIpc) is 2.90. The molecule has 0 unspecified atom stereocenters. The van der Waals surface area contributed by atoms with Gasteiger partial charge in [0.25, 0.3) is 0 Å². The Labute approximate surface area is 114 Å². The minimum Gasteiger partial charge on any atom is -0.468 e. The van der Waals surface area contributed by atoms with Crippen molar-refractivity contribution >= 4 is 5.97 Å². The van der Waals surface area contributed by atoms with Gasteiger partial charge in [0.1, 0.15) is 11.2 Å². The lowest BCUT2D eigenvalue weighted by atomic mass is 9.91. The molecule has 1 aliphatic rings. The number of carbonyl (C=O) groups is 1. The molecule has 0 N–H and O–H groups in total. The molecule has 0 saturated heterocycles. The molecule has 0 spiro atoms. The number of esters is 1. The van der Waals surface area contributed by atoms with Crippen LogP contribution < -0.4 is 0 Å². The summed E-state index contributed by atoms with van der Waals surface area (Å²) in [7, 11) is 1.40. The molecule has 0 radical (unpaired) electrons. The maximum Gasteiger partial charge on any atom is 0.318 e. The molecular formula is C15H22N2O2. The van der Waals surface area contributed by atoms with Gasteiger partial charge in [-0.25, -0.2) is 9.97 Å². The van der Waals surface area contributed by atoms with Gasteiger partial charge in [-0.05, 0) is 39.7 Å². The highest BCUT2D eigenvalue weighted by molar-refractivity contribution is 5.80. The summed E-state index contributed by atoms with van der Waals surface area (Å²) in [6.07, 6.45) is 4.91. The van der Waals surface area contributed by atoms with E-state index >= 15 is 0 Å². The predicted molar refractivity (Wildman–Crippen MR) is 73.0 cm³/mol. The summed E-state index contributed by atoms with van der Waals surface area (Å²) in [5.41, 5.74) is 1.20. The third-order valence-corrected chi connectivity index (χ3v) is 3.90. The normalized spacial score (nSPS) is 16.6. The molecule has 1 fully saturated rings. The van der Waals surface area contributed by atoms with Crippen LogP contribution in [-0.2, 0) is 14.9 Å². The summed E-state index contributed by atoms with van der Waals surface area (Å²) in [5.74, 6) is 0.797. The molecule has 0 aliphatic heterocycles. The second-order valence-corrected chi connectivity index (χ2v) is 5.86. The third-order valence-electron chi connectivity index (χ3n) is 3.90. The Hall–Kier alpha value is -1.45. The van der Waals surface area contributed by atoms with Gasteiger partial charge in [-0.1, -0.05) is 12.8 Å². The highest BCUT2D eigenvalue weighted by atomic mass is 16.5.